The number of aromatic amines is 1. The number of hydrogen-bond donors (Lipinski definition) is 1. The molecule has 0 saturated carbocycles. The number of nitrogens with zero attached hydrogens (tertiary/aromatic N) is 6. The number of H-pyrrole nitrogens is 1. The van der Waals surface area contributed by atoms with Crippen LogP contribution in [0.15, 0.2) is 5.11 Å². The van der Waals surface area contributed by atoms with Gasteiger partial charge in [-0.05, 0) is 11.4 Å². The summed E-state index contributed by atoms with van der Waals surface area (Å²) < 4.78 is 4.48. The lowest BCUT2D eigenvalue weighted by atomic mass is 10.1. The molecule has 1 fully saturated rings. The van der Waals surface area contributed by atoms with Gasteiger partial charge in [0.25, 0.3) is 5.95 Å². The van der Waals surface area contributed by atoms with Gasteiger partial charge in [-0.25, -0.2) is 4.79 Å². The second kappa shape index (κ2) is 5.36. The molecule has 1 unspecified atom stereocenters. The molecule has 19 heavy (non-hydrogen) atoms. The molecule has 10 nitrogen and oxygen atoms in total. The molecule has 0 aliphatic carbocycles. The number of carbonyl (C=O) groups excluding carboxylic acids is 2. The average Bonchev–Trinajstić information content (AvgIpc) is 3.02. The summed E-state index contributed by atoms with van der Waals surface area (Å²) in [5.74, 6) is -0.842. The van der Waals surface area contributed by atoms with Crippen LogP contribution in [-0.2, 0) is 9.53 Å². The maximum Gasteiger partial charge on any atom is 0.375 e. The second-order valence-electron chi connectivity index (χ2n) is 3.96. The molecule has 1 aromatic rings. The Labute approximate surface area is 107 Å². The number of methoxy groups -OCH3 is 1. The molecule has 0 bridgehead atoms. The van der Waals surface area contributed by atoms with Gasteiger partial charge in [-0.15, -0.1) is 5.10 Å². The number of anilines is 1. The highest BCUT2D eigenvalue weighted by atomic mass is 16.5. The third-order valence-electron chi connectivity index (χ3n) is 2.70. The second-order valence-corrected chi connectivity index (χ2v) is 3.96. The molecule has 1 aliphatic rings. The van der Waals surface area contributed by atoms with E-state index in [-0.39, 0.29) is 36.6 Å². The molecule has 2 rings (SSSR count). The van der Waals surface area contributed by atoms with Crippen molar-refractivity contribution in [1.29, 1.82) is 0 Å². The Hall–Kier alpha value is -2.61. The lowest BCUT2D eigenvalue weighted by molar-refractivity contribution is -0.117. The van der Waals surface area contributed by atoms with E-state index in [1.165, 1.54) is 12.0 Å². The van der Waals surface area contributed by atoms with Crippen LogP contribution in [0, 0.1) is 5.92 Å². The standard InChI is InChI=1S/C9H11N7O3/c1-19-8(18)7-12-9(14-13-7)16-4-5(2-6(16)17)3-11-15-10/h5H,2-4H2,1H3,(H,12,13,14). The van der Waals surface area contributed by atoms with Crippen molar-refractivity contribution < 1.29 is 14.3 Å². The smallest absolute Gasteiger partial charge is 0.375 e. The van der Waals surface area contributed by atoms with Crippen LogP contribution in [0.4, 0.5) is 5.95 Å². The van der Waals surface area contributed by atoms with Crippen molar-refractivity contribution in [3.8, 4) is 0 Å². The third kappa shape index (κ3) is 2.63. The molecule has 1 N–H and O–H groups in total. The minimum Gasteiger partial charge on any atom is -0.463 e. The first-order chi connectivity index (χ1) is 9.15. The summed E-state index contributed by atoms with van der Waals surface area (Å²) in [6.45, 7) is 0.601. The van der Waals surface area contributed by atoms with Gasteiger partial charge in [-0.3, -0.25) is 14.8 Å². The lowest BCUT2D eigenvalue weighted by Gasteiger charge is -2.10. The van der Waals surface area contributed by atoms with Gasteiger partial charge in [0.2, 0.25) is 11.7 Å². The van der Waals surface area contributed by atoms with Gasteiger partial charge >= 0.3 is 5.97 Å². The molecule has 1 atom stereocenters. The van der Waals surface area contributed by atoms with E-state index >= 15 is 0 Å². The Balaban J connectivity index is 2.09. The normalized spacial score (nSPS) is 18.3. The molecule has 10 heteroatoms. The zero-order chi connectivity index (χ0) is 13.8. The van der Waals surface area contributed by atoms with E-state index in [4.69, 9.17) is 5.53 Å². The lowest BCUT2D eigenvalue weighted by Crippen LogP contribution is -2.26. The average molecular weight is 265 g/mol. The highest BCUT2D eigenvalue weighted by Crippen LogP contribution is 2.22. The molecule has 0 aromatic carbocycles. The van der Waals surface area contributed by atoms with Crippen LogP contribution in [0.3, 0.4) is 0 Å². The maximum absolute atomic E-state index is 11.8. The summed E-state index contributed by atoms with van der Waals surface area (Å²) >= 11 is 0. The number of esters is 1. The zero-order valence-electron chi connectivity index (χ0n) is 10.1. The number of carbonyl (C=O) groups is 2. The summed E-state index contributed by atoms with van der Waals surface area (Å²) in [5, 5.41) is 9.64. The molecule has 1 aromatic heterocycles. The molecule has 2 heterocycles. The van der Waals surface area contributed by atoms with Gasteiger partial charge in [-0.1, -0.05) is 5.11 Å². The van der Waals surface area contributed by atoms with Crippen LogP contribution in [0.5, 0.6) is 0 Å². The fourth-order valence-electron chi connectivity index (χ4n) is 1.81. The van der Waals surface area contributed by atoms with Crippen molar-refractivity contribution in [1.82, 2.24) is 15.2 Å². The molecule has 1 saturated heterocycles. The first kappa shape index (κ1) is 12.8. The quantitative estimate of drug-likeness (QED) is 0.360. The van der Waals surface area contributed by atoms with Gasteiger partial charge in [0, 0.05) is 24.4 Å². The highest BCUT2D eigenvalue weighted by molar-refractivity contribution is 5.94. The van der Waals surface area contributed by atoms with Crippen LogP contribution < -0.4 is 4.90 Å². The van der Waals surface area contributed by atoms with E-state index in [9.17, 15) is 9.59 Å². The Morgan fingerprint density at radius 2 is 2.53 bits per heavy atom. The number of amides is 1. The maximum atomic E-state index is 11.8. The van der Waals surface area contributed by atoms with E-state index in [0.717, 1.165) is 0 Å². The van der Waals surface area contributed by atoms with Crippen molar-refractivity contribution in [2.45, 2.75) is 6.42 Å². The van der Waals surface area contributed by atoms with E-state index < -0.39 is 5.97 Å². The molecule has 1 amide bonds. The largest absolute Gasteiger partial charge is 0.463 e. The predicted molar refractivity (Wildman–Crippen MR) is 62.2 cm³/mol. The summed E-state index contributed by atoms with van der Waals surface area (Å²) in [6, 6.07) is 0. The molecule has 0 spiro atoms. The first-order valence-corrected chi connectivity index (χ1v) is 5.47. The zero-order valence-corrected chi connectivity index (χ0v) is 10.1. The van der Waals surface area contributed by atoms with E-state index in [2.05, 4.69) is 29.9 Å². The Kier molecular flexibility index (Phi) is 3.62. The Morgan fingerprint density at radius 1 is 1.74 bits per heavy atom. The van der Waals surface area contributed by atoms with E-state index in [0.29, 0.717) is 6.54 Å². The molecule has 1 aliphatic heterocycles. The Morgan fingerprint density at radius 3 is 3.21 bits per heavy atom. The minimum absolute atomic E-state index is 0.0659. The first-order valence-electron chi connectivity index (χ1n) is 5.47. The van der Waals surface area contributed by atoms with Crippen LogP contribution in [0.2, 0.25) is 0 Å². The molecular weight excluding hydrogens is 254 g/mol. The number of ether oxygens (including phenoxy) is 1. The van der Waals surface area contributed by atoms with Crippen molar-refractivity contribution in [3.63, 3.8) is 0 Å². The van der Waals surface area contributed by atoms with Gasteiger partial charge in [-0.2, -0.15) is 4.98 Å². The van der Waals surface area contributed by atoms with E-state index in [1.807, 2.05) is 0 Å². The predicted octanol–water partition coefficient (Wildman–Crippen LogP) is 0.254. The fraction of sp³-hybridized carbons (Fsp3) is 0.556. The summed E-state index contributed by atoms with van der Waals surface area (Å²) in [4.78, 5) is 30.9. The number of aromatic nitrogens is 3. The summed E-state index contributed by atoms with van der Waals surface area (Å²) in [6.07, 6.45) is 0.265. The van der Waals surface area contributed by atoms with Crippen molar-refractivity contribution in [2.24, 2.45) is 11.0 Å². The van der Waals surface area contributed by atoms with Crippen LogP contribution in [0.25, 0.3) is 10.4 Å². The monoisotopic (exact) mass is 265 g/mol. The van der Waals surface area contributed by atoms with Crippen LogP contribution in [0.1, 0.15) is 17.0 Å². The molecule has 100 valence electrons. The van der Waals surface area contributed by atoms with Crippen LogP contribution >= 0.6 is 0 Å². The molecular formula is C9H11N7O3. The summed E-state index contributed by atoms with van der Waals surface area (Å²) in [7, 11) is 1.22. The highest BCUT2D eigenvalue weighted by Gasteiger charge is 2.32. The van der Waals surface area contributed by atoms with Gasteiger partial charge in [0.1, 0.15) is 0 Å². The number of nitrogens with one attached hydrogen (secondary N) is 1. The van der Waals surface area contributed by atoms with Crippen LogP contribution in [-0.4, -0.2) is 47.3 Å². The fourth-order valence-corrected chi connectivity index (χ4v) is 1.81. The third-order valence-corrected chi connectivity index (χ3v) is 2.70. The summed E-state index contributed by atoms with van der Waals surface area (Å²) in [5.41, 5.74) is 8.25. The number of azide groups is 1. The van der Waals surface area contributed by atoms with Crippen molar-refractivity contribution >= 4 is 17.8 Å². The SMILES string of the molecule is COC(=O)c1nc(N2CC(CN=[N+]=[N-])CC2=O)n[nH]1. The van der Waals surface area contributed by atoms with Crippen molar-refractivity contribution in [2.75, 3.05) is 25.1 Å². The molecule has 0 radical (unpaired) electrons. The minimum atomic E-state index is -0.656. The number of hydrogen-bond acceptors (Lipinski definition) is 6. The van der Waals surface area contributed by atoms with Gasteiger partial charge in [0.05, 0.1) is 7.11 Å². The van der Waals surface area contributed by atoms with Gasteiger partial charge < -0.3 is 4.74 Å². The topological polar surface area (TPSA) is 137 Å². The Bertz CT molecular complexity index is 548. The van der Waals surface area contributed by atoms with Crippen molar-refractivity contribution in [3.05, 3.63) is 16.3 Å². The number of rotatable bonds is 4. The van der Waals surface area contributed by atoms with E-state index in [1.54, 1.807) is 0 Å². The van der Waals surface area contributed by atoms with Gasteiger partial charge in [0.15, 0.2) is 0 Å².